The van der Waals surface area contributed by atoms with Gasteiger partial charge < -0.3 is 15.0 Å². The van der Waals surface area contributed by atoms with Crippen LogP contribution in [0.15, 0.2) is 12.1 Å². The zero-order chi connectivity index (χ0) is 15.4. The molecule has 1 N–H and O–H groups in total. The topological polar surface area (TPSA) is 37.4 Å². The number of nitrogens with one attached hydrogen (secondary N) is 1. The van der Waals surface area contributed by atoms with Crippen LogP contribution in [0.1, 0.15) is 51.8 Å². The minimum absolute atomic E-state index is 0.260. The molecule has 0 bridgehead atoms. The van der Waals surface area contributed by atoms with Crippen molar-refractivity contribution in [3.63, 3.8) is 0 Å². The first-order valence-electron chi connectivity index (χ1n) is 8.11. The molecule has 0 aromatic carbocycles. The highest BCUT2D eigenvalue weighted by atomic mass is 16.5. The van der Waals surface area contributed by atoms with E-state index >= 15 is 0 Å². The number of hydrogen-bond donors (Lipinski definition) is 1. The third-order valence-electron chi connectivity index (χ3n) is 3.81. The summed E-state index contributed by atoms with van der Waals surface area (Å²) in [6.45, 7) is 14.5. The van der Waals surface area contributed by atoms with Gasteiger partial charge in [-0.1, -0.05) is 20.8 Å². The van der Waals surface area contributed by atoms with Gasteiger partial charge in [-0.25, -0.2) is 4.98 Å². The van der Waals surface area contributed by atoms with Crippen LogP contribution in [0.2, 0.25) is 0 Å². The fraction of sp³-hybridized carbons (Fsp3) is 0.706. The molecular formula is C17H29N3O. The maximum absolute atomic E-state index is 5.83. The van der Waals surface area contributed by atoms with Crippen LogP contribution in [0, 0.1) is 0 Å². The summed E-state index contributed by atoms with van der Waals surface area (Å²) >= 11 is 0. The van der Waals surface area contributed by atoms with Crippen LogP contribution in [0.3, 0.4) is 0 Å². The van der Waals surface area contributed by atoms with E-state index < -0.39 is 0 Å². The summed E-state index contributed by atoms with van der Waals surface area (Å²) in [7, 11) is 0. The quantitative estimate of drug-likeness (QED) is 0.905. The molecule has 2 rings (SSSR count). The van der Waals surface area contributed by atoms with Crippen molar-refractivity contribution >= 4 is 5.82 Å². The highest BCUT2D eigenvalue weighted by Gasteiger charge is 2.23. The molecule has 2 heterocycles. The van der Waals surface area contributed by atoms with Gasteiger partial charge in [0.05, 0.1) is 12.2 Å². The molecule has 0 amide bonds. The van der Waals surface area contributed by atoms with Gasteiger partial charge in [-0.3, -0.25) is 0 Å². The Hall–Kier alpha value is -1.13. The van der Waals surface area contributed by atoms with Crippen LogP contribution in [0.4, 0.5) is 5.82 Å². The molecular weight excluding hydrogens is 262 g/mol. The standard InChI is InChI=1S/C17H29N3O/c1-6-18-9-15-7-16(12(2)3)19-17(8-15)20-10-13(4)21-14(5)11-20/h7-8,12-14,18H,6,9-11H2,1-5H3. The summed E-state index contributed by atoms with van der Waals surface area (Å²) in [6, 6.07) is 4.45. The van der Waals surface area contributed by atoms with Gasteiger partial charge in [0, 0.05) is 25.3 Å². The van der Waals surface area contributed by atoms with Crippen LogP contribution >= 0.6 is 0 Å². The molecule has 118 valence electrons. The van der Waals surface area contributed by atoms with E-state index in [1.165, 1.54) is 11.3 Å². The second-order valence-corrected chi connectivity index (χ2v) is 6.36. The van der Waals surface area contributed by atoms with Crippen molar-refractivity contribution in [3.05, 3.63) is 23.4 Å². The van der Waals surface area contributed by atoms with E-state index in [1.807, 2.05) is 0 Å². The molecule has 2 unspecified atom stereocenters. The number of pyridine rings is 1. The number of hydrogen-bond acceptors (Lipinski definition) is 4. The number of morpholine rings is 1. The normalized spacial score (nSPS) is 22.9. The third kappa shape index (κ3) is 4.42. The van der Waals surface area contributed by atoms with E-state index in [4.69, 9.17) is 9.72 Å². The SMILES string of the molecule is CCNCc1cc(C(C)C)nc(N2CC(C)OC(C)C2)c1. The first-order chi connectivity index (χ1) is 9.99. The molecule has 1 aromatic rings. The monoisotopic (exact) mass is 291 g/mol. The Morgan fingerprint density at radius 1 is 1.29 bits per heavy atom. The Kier molecular flexibility index (Phi) is 5.59. The van der Waals surface area contributed by atoms with Crippen molar-refractivity contribution in [1.82, 2.24) is 10.3 Å². The number of anilines is 1. The lowest BCUT2D eigenvalue weighted by atomic mass is 10.1. The van der Waals surface area contributed by atoms with Gasteiger partial charge in [0.2, 0.25) is 0 Å². The second-order valence-electron chi connectivity index (χ2n) is 6.36. The van der Waals surface area contributed by atoms with E-state index in [2.05, 4.69) is 57.0 Å². The molecule has 1 aliphatic rings. The maximum atomic E-state index is 5.83. The molecule has 4 heteroatoms. The molecule has 1 saturated heterocycles. The molecule has 0 aliphatic carbocycles. The smallest absolute Gasteiger partial charge is 0.129 e. The summed E-state index contributed by atoms with van der Waals surface area (Å²) in [5.74, 6) is 1.54. The first-order valence-corrected chi connectivity index (χ1v) is 8.11. The lowest BCUT2D eigenvalue weighted by molar-refractivity contribution is -0.00547. The minimum Gasteiger partial charge on any atom is -0.372 e. The number of ether oxygens (including phenoxy) is 1. The maximum Gasteiger partial charge on any atom is 0.129 e. The Balaban J connectivity index is 2.26. The molecule has 0 saturated carbocycles. The first kappa shape index (κ1) is 16.2. The number of nitrogens with zero attached hydrogens (tertiary/aromatic N) is 2. The van der Waals surface area contributed by atoms with Gasteiger partial charge >= 0.3 is 0 Å². The van der Waals surface area contributed by atoms with Crippen molar-refractivity contribution in [2.45, 2.75) is 59.3 Å². The third-order valence-corrected chi connectivity index (χ3v) is 3.81. The zero-order valence-electron chi connectivity index (χ0n) is 14.0. The lowest BCUT2D eigenvalue weighted by Crippen LogP contribution is -2.46. The van der Waals surface area contributed by atoms with Gasteiger partial charge in [-0.05, 0) is 44.0 Å². The van der Waals surface area contributed by atoms with Crippen LogP contribution in [-0.4, -0.2) is 36.8 Å². The molecule has 0 spiro atoms. The van der Waals surface area contributed by atoms with Gasteiger partial charge in [0.25, 0.3) is 0 Å². The molecule has 1 aromatic heterocycles. The predicted octanol–water partition coefficient (Wildman–Crippen LogP) is 2.93. The van der Waals surface area contributed by atoms with Crippen LogP contribution in [0.5, 0.6) is 0 Å². The Bertz CT molecular complexity index is 451. The zero-order valence-corrected chi connectivity index (χ0v) is 14.0. The largest absolute Gasteiger partial charge is 0.372 e. The molecule has 2 atom stereocenters. The van der Waals surface area contributed by atoms with E-state index in [0.29, 0.717) is 5.92 Å². The molecule has 0 radical (unpaired) electrons. The van der Waals surface area contributed by atoms with Crippen LogP contribution in [0.25, 0.3) is 0 Å². The highest BCUT2D eigenvalue weighted by molar-refractivity contribution is 5.44. The summed E-state index contributed by atoms with van der Waals surface area (Å²) in [5, 5.41) is 3.41. The Labute approximate surface area is 128 Å². The van der Waals surface area contributed by atoms with Crippen LogP contribution < -0.4 is 10.2 Å². The summed E-state index contributed by atoms with van der Waals surface area (Å²) in [5.41, 5.74) is 2.49. The van der Waals surface area contributed by atoms with E-state index in [-0.39, 0.29) is 12.2 Å². The van der Waals surface area contributed by atoms with E-state index in [0.717, 1.165) is 32.0 Å². The summed E-state index contributed by atoms with van der Waals surface area (Å²) < 4.78 is 5.83. The van der Waals surface area contributed by atoms with Crippen molar-refractivity contribution in [3.8, 4) is 0 Å². The van der Waals surface area contributed by atoms with Gasteiger partial charge in [0.1, 0.15) is 5.82 Å². The van der Waals surface area contributed by atoms with Crippen LogP contribution in [-0.2, 0) is 11.3 Å². The van der Waals surface area contributed by atoms with Gasteiger partial charge in [-0.15, -0.1) is 0 Å². The van der Waals surface area contributed by atoms with E-state index in [9.17, 15) is 0 Å². The van der Waals surface area contributed by atoms with Crippen molar-refractivity contribution in [2.24, 2.45) is 0 Å². The minimum atomic E-state index is 0.260. The molecule has 4 nitrogen and oxygen atoms in total. The highest BCUT2D eigenvalue weighted by Crippen LogP contribution is 2.23. The molecule has 1 fully saturated rings. The van der Waals surface area contributed by atoms with Crippen molar-refractivity contribution in [2.75, 3.05) is 24.5 Å². The number of rotatable bonds is 5. The van der Waals surface area contributed by atoms with Crippen molar-refractivity contribution in [1.29, 1.82) is 0 Å². The molecule has 21 heavy (non-hydrogen) atoms. The fourth-order valence-corrected chi connectivity index (χ4v) is 2.79. The predicted molar refractivity (Wildman–Crippen MR) is 87.9 cm³/mol. The lowest BCUT2D eigenvalue weighted by Gasteiger charge is -2.36. The van der Waals surface area contributed by atoms with Gasteiger partial charge in [0.15, 0.2) is 0 Å². The van der Waals surface area contributed by atoms with Gasteiger partial charge in [-0.2, -0.15) is 0 Å². The summed E-state index contributed by atoms with van der Waals surface area (Å²) in [6.07, 6.45) is 0.519. The molecule has 1 aliphatic heterocycles. The second kappa shape index (κ2) is 7.23. The summed E-state index contributed by atoms with van der Waals surface area (Å²) in [4.78, 5) is 7.24. The Morgan fingerprint density at radius 2 is 1.95 bits per heavy atom. The fourth-order valence-electron chi connectivity index (χ4n) is 2.79. The average molecular weight is 291 g/mol. The van der Waals surface area contributed by atoms with E-state index in [1.54, 1.807) is 0 Å². The average Bonchev–Trinajstić information content (AvgIpc) is 2.43. The van der Waals surface area contributed by atoms with Crippen molar-refractivity contribution < 1.29 is 4.74 Å². The Morgan fingerprint density at radius 3 is 2.52 bits per heavy atom. The number of aromatic nitrogens is 1.